The van der Waals surface area contributed by atoms with Gasteiger partial charge in [-0.2, -0.15) is 0 Å². The van der Waals surface area contributed by atoms with Crippen molar-refractivity contribution >= 4 is 5.69 Å². The molecule has 1 atom stereocenters. The second kappa shape index (κ2) is 5.66. The first-order chi connectivity index (χ1) is 6.77. The van der Waals surface area contributed by atoms with E-state index in [2.05, 4.69) is 19.1 Å². The van der Waals surface area contributed by atoms with Gasteiger partial charge in [0.25, 0.3) is 0 Å². The Balaban J connectivity index is 2.64. The Bertz CT molecular complexity index is 254. The van der Waals surface area contributed by atoms with Crippen LogP contribution < -0.4 is 11.5 Å². The minimum atomic E-state index is 0.638. The average Bonchev–Trinajstić information content (AvgIpc) is 2.21. The highest BCUT2D eigenvalue weighted by Gasteiger charge is 2.07. The third kappa shape index (κ3) is 3.04. The Kier molecular flexibility index (Phi) is 4.47. The maximum Gasteiger partial charge on any atom is 0.0314 e. The van der Waals surface area contributed by atoms with E-state index >= 15 is 0 Å². The predicted octanol–water partition coefficient (Wildman–Crippen LogP) is 2.50. The monoisotopic (exact) mass is 192 g/mol. The first-order valence-corrected chi connectivity index (χ1v) is 5.33. The first kappa shape index (κ1) is 11.1. The lowest BCUT2D eigenvalue weighted by atomic mass is 9.92. The van der Waals surface area contributed by atoms with Crippen LogP contribution in [0.15, 0.2) is 24.3 Å². The lowest BCUT2D eigenvalue weighted by Gasteiger charge is -2.14. The molecule has 0 radical (unpaired) electrons. The molecule has 0 heterocycles. The summed E-state index contributed by atoms with van der Waals surface area (Å²) in [6.45, 7) is 3.00. The zero-order valence-electron chi connectivity index (χ0n) is 8.87. The number of nitrogen functional groups attached to an aromatic ring is 1. The number of anilines is 1. The van der Waals surface area contributed by atoms with E-state index < -0.39 is 0 Å². The molecule has 2 nitrogen and oxygen atoms in total. The Morgan fingerprint density at radius 2 is 1.86 bits per heavy atom. The summed E-state index contributed by atoms with van der Waals surface area (Å²) in [5.74, 6) is 0.638. The van der Waals surface area contributed by atoms with Crippen molar-refractivity contribution in [2.24, 2.45) is 5.73 Å². The number of hydrogen-bond acceptors (Lipinski definition) is 2. The van der Waals surface area contributed by atoms with E-state index in [-0.39, 0.29) is 0 Å². The largest absolute Gasteiger partial charge is 0.399 e. The molecule has 1 aromatic carbocycles. The molecule has 0 fully saturated rings. The molecule has 14 heavy (non-hydrogen) atoms. The molecule has 0 aliphatic heterocycles. The summed E-state index contributed by atoms with van der Waals surface area (Å²) in [4.78, 5) is 0. The smallest absolute Gasteiger partial charge is 0.0314 e. The van der Waals surface area contributed by atoms with Gasteiger partial charge in [0.1, 0.15) is 0 Å². The van der Waals surface area contributed by atoms with E-state index in [1.165, 1.54) is 18.4 Å². The van der Waals surface area contributed by atoms with Crippen molar-refractivity contribution in [2.75, 3.05) is 12.3 Å². The molecule has 2 heteroatoms. The van der Waals surface area contributed by atoms with Gasteiger partial charge < -0.3 is 11.5 Å². The van der Waals surface area contributed by atoms with E-state index in [0.717, 1.165) is 18.7 Å². The molecule has 4 N–H and O–H groups in total. The van der Waals surface area contributed by atoms with Gasteiger partial charge in [-0.15, -0.1) is 0 Å². The van der Waals surface area contributed by atoms with Gasteiger partial charge in [-0.05, 0) is 49.4 Å². The molecule has 1 unspecified atom stereocenters. The van der Waals surface area contributed by atoms with E-state index in [1.807, 2.05) is 12.1 Å². The zero-order chi connectivity index (χ0) is 10.4. The van der Waals surface area contributed by atoms with Gasteiger partial charge in [0.15, 0.2) is 0 Å². The second-order valence-electron chi connectivity index (χ2n) is 3.70. The standard InChI is InChI=1S/C12H20N2/c1-2-10(4-3-9-13)11-5-7-12(14)8-6-11/h5-8,10H,2-4,9,13-14H2,1H3. The summed E-state index contributed by atoms with van der Waals surface area (Å²) in [5, 5.41) is 0. The van der Waals surface area contributed by atoms with Crippen molar-refractivity contribution in [3.05, 3.63) is 29.8 Å². The lowest BCUT2D eigenvalue weighted by Crippen LogP contribution is -2.03. The van der Waals surface area contributed by atoms with Crippen LogP contribution in [0.3, 0.4) is 0 Å². The van der Waals surface area contributed by atoms with Gasteiger partial charge in [0.2, 0.25) is 0 Å². The third-order valence-corrected chi connectivity index (χ3v) is 2.66. The van der Waals surface area contributed by atoms with Crippen molar-refractivity contribution in [1.82, 2.24) is 0 Å². The Labute approximate surface area is 86.3 Å². The first-order valence-electron chi connectivity index (χ1n) is 5.33. The van der Waals surface area contributed by atoms with Crippen LogP contribution in [0.1, 0.15) is 37.7 Å². The highest BCUT2D eigenvalue weighted by Crippen LogP contribution is 2.24. The van der Waals surface area contributed by atoms with Crippen LogP contribution in [0, 0.1) is 0 Å². The van der Waals surface area contributed by atoms with Crippen LogP contribution in [0.5, 0.6) is 0 Å². The van der Waals surface area contributed by atoms with Gasteiger partial charge >= 0.3 is 0 Å². The van der Waals surface area contributed by atoms with Gasteiger partial charge in [0, 0.05) is 5.69 Å². The van der Waals surface area contributed by atoms with Crippen LogP contribution >= 0.6 is 0 Å². The minimum Gasteiger partial charge on any atom is -0.399 e. The van der Waals surface area contributed by atoms with Crippen molar-refractivity contribution < 1.29 is 0 Å². The second-order valence-corrected chi connectivity index (χ2v) is 3.70. The fourth-order valence-electron chi connectivity index (χ4n) is 1.74. The van der Waals surface area contributed by atoms with Gasteiger partial charge in [-0.25, -0.2) is 0 Å². The Morgan fingerprint density at radius 3 is 2.36 bits per heavy atom. The van der Waals surface area contributed by atoms with E-state index in [1.54, 1.807) is 0 Å². The topological polar surface area (TPSA) is 52.0 Å². The van der Waals surface area contributed by atoms with E-state index in [9.17, 15) is 0 Å². The maximum absolute atomic E-state index is 5.65. The minimum absolute atomic E-state index is 0.638. The van der Waals surface area contributed by atoms with Crippen LogP contribution in [0.25, 0.3) is 0 Å². The molecule has 78 valence electrons. The Morgan fingerprint density at radius 1 is 1.21 bits per heavy atom. The molecule has 0 saturated heterocycles. The van der Waals surface area contributed by atoms with Gasteiger partial charge in [0.05, 0.1) is 0 Å². The molecular formula is C12H20N2. The summed E-state index contributed by atoms with van der Waals surface area (Å²) < 4.78 is 0. The third-order valence-electron chi connectivity index (χ3n) is 2.66. The molecule has 0 amide bonds. The lowest BCUT2D eigenvalue weighted by molar-refractivity contribution is 0.581. The highest BCUT2D eigenvalue weighted by atomic mass is 14.5. The van der Waals surface area contributed by atoms with Crippen LogP contribution in [0.2, 0.25) is 0 Å². The van der Waals surface area contributed by atoms with Crippen molar-refractivity contribution in [3.63, 3.8) is 0 Å². The summed E-state index contributed by atoms with van der Waals surface area (Å²) in [6, 6.07) is 8.20. The normalized spacial score (nSPS) is 12.7. The summed E-state index contributed by atoms with van der Waals surface area (Å²) in [7, 11) is 0. The number of rotatable bonds is 5. The molecule has 1 rings (SSSR count). The molecule has 0 spiro atoms. The fourth-order valence-corrected chi connectivity index (χ4v) is 1.74. The van der Waals surface area contributed by atoms with Gasteiger partial charge in [-0.3, -0.25) is 0 Å². The molecule has 0 saturated carbocycles. The molecule has 1 aromatic rings. The van der Waals surface area contributed by atoms with Crippen LogP contribution in [0.4, 0.5) is 5.69 Å². The number of benzene rings is 1. The molecular weight excluding hydrogens is 172 g/mol. The zero-order valence-corrected chi connectivity index (χ0v) is 8.87. The average molecular weight is 192 g/mol. The van der Waals surface area contributed by atoms with Crippen molar-refractivity contribution in [2.45, 2.75) is 32.1 Å². The summed E-state index contributed by atoms with van der Waals surface area (Å²) in [6.07, 6.45) is 3.45. The maximum atomic E-state index is 5.65. The van der Waals surface area contributed by atoms with Crippen molar-refractivity contribution in [3.8, 4) is 0 Å². The van der Waals surface area contributed by atoms with E-state index in [4.69, 9.17) is 11.5 Å². The molecule has 0 aromatic heterocycles. The molecule has 0 aliphatic carbocycles. The predicted molar refractivity (Wildman–Crippen MR) is 62.2 cm³/mol. The summed E-state index contributed by atoms with van der Waals surface area (Å²) >= 11 is 0. The van der Waals surface area contributed by atoms with Crippen molar-refractivity contribution in [1.29, 1.82) is 0 Å². The van der Waals surface area contributed by atoms with E-state index in [0.29, 0.717) is 5.92 Å². The summed E-state index contributed by atoms with van der Waals surface area (Å²) in [5.41, 5.74) is 13.4. The van der Waals surface area contributed by atoms with Gasteiger partial charge in [-0.1, -0.05) is 19.1 Å². The number of nitrogens with two attached hydrogens (primary N) is 2. The fraction of sp³-hybridized carbons (Fsp3) is 0.500. The highest BCUT2D eigenvalue weighted by molar-refractivity contribution is 5.40. The molecule has 0 bridgehead atoms. The quantitative estimate of drug-likeness (QED) is 0.704. The SMILES string of the molecule is CCC(CCCN)c1ccc(N)cc1. The van der Waals surface area contributed by atoms with Crippen LogP contribution in [-0.4, -0.2) is 6.54 Å². The molecule has 0 aliphatic rings. The number of hydrogen-bond donors (Lipinski definition) is 2. The van der Waals surface area contributed by atoms with Crippen LogP contribution in [-0.2, 0) is 0 Å². The Hall–Kier alpha value is -1.02.